The lowest BCUT2D eigenvalue weighted by Gasteiger charge is -2.12. The molecule has 7 heteroatoms. The molecule has 0 heterocycles. The third-order valence-corrected chi connectivity index (χ3v) is 5.85. The molecule has 0 bridgehead atoms. The van der Waals surface area contributed by atoms with Gasteiger partial charge in [-0.05, 0) is 64.4 Å². The van der Waals surface area contributed by atoms with Crippen molar-refractivity contribution in [2.45, 2.75) is 13.0 Å². The number of ether oxygens (including phenoxy) is 2. The normalized spacial score (nSPS) is 11.3. The van der Waals surface area contributed by atoms with Crippen molar-refractivity contribution in [3.63, 3.8) is 0 Å². The van der Waals surface area contributed by atoms with Crippen LogP contribution in [0.1, 0.15) is 23.1 Å². The molecular formula is C31H26O7. The fourth-order valence-corrected chi connectivity index (χ4v) is 3.84. The van der Waals surface area contributed by atoms with Gasteiger partial charge in [-0.25, -0.2) is 0 Å². The Morgan fingerprint density at radius 3 is 1.97 bits per heavy atom. The maximum atomic E-state index is 12.3. The van der Waals surface area contributed by atoms with Crippen molar-refractivity contribution >= 4 is 34.5 Å². The molecule has 38 heavy (non-hydrogen) atoms. The van der Waals surface area contributed by atoms with Crippen LogP contribution in [-0.4, -0.2) is 34.0 Å². The molecule has 0 saturated heterocycles. The van der Waals surface area contributed by atoms with Crippen molar-refractivity contribution in [3.05, 3.63) is 102 Å². The van der Waals surface area contributed by atoms with E-state index in [0.717, 1.165) is 10.8 Å². The smallest absolute Gasteiger partial charge is 0.163 e. The number of aromatic hydroxyl groups is 3. The van der Waals surface area contributed by atoms with Crippen LogP contribution in [0.2, 0.25) is 0 Å². The number of benzene rings is 4. The highest BCUT2D eigenvalue weighted by Gasteiger charge is 2.11. The molecule has 4 aromatic carbocycles. The maximum Gasteiger partial charge on any atom is 0.163 e. The van der Waals surface area contributed by atoms with Crippen molar-refractivity contribution in [2.24, 2.45) is 0 Å². The number of hydrogen-bond acceptors (Lipinski definition) is 7. The first-order chi connectivity index (χ1) is 18.3. The highest BCUT2D eigenvalue weighted by molar-refractivity contribution is 6.10. The number of fused-ring (bicyclic) bond motifs is 1. The summed E-state index contributed by atoms with van der Waals surface area (Å²) in [6, 6.07) is 20.3. The third-order valence-electron chi connectivity index (χ3n) is 5.85. The number of hydrogen-bond donors (Lipinski definition) is 3. The summed E-state index contributed by atoms with van der Waals surface area (Å²) in [5.41, 5.74) is 1.83. The van der Waals surface area contributed by atoms with Crippen molar-refractivity contribution in [1.82, 2.24) is 0 Å². The number of allylic oxidation sites excluding steroid dienone is 2. The van der Waals surface area contributed by atoms with Crippen molar-refractivity contribution in [1.29, 1.82) is 0 Å². The standard InChI is InChI=1S/C31H26O7/c1-37-30-16-20(8-13-28(30)35)6-11-23(32)18-24(33)12-7-21-9-14-29(36)31(17-21)38-19-26-25-5-3-2-4-22(25)10-15-27(26)34/h2-17,34-36H,18-19H2,1H3/b11-6+,12-7+. The Morgan fingerprint density at radius 2 is 1.32 bits per heavy atom. The van der Waals surface area contributed by atoms with E-state index in [1.165, 1.54) is 37.5 Å². The van der Waals surface area contributed by atoms with Gasteiger partial charge in [-0.3, -0.25) is 9.59 Å². The van der Waals surface area contributed by atoms with E-state index in [1.54, 1.807) is 36.4 Å². The molecule has 4 aromatic rings. The summed E-state index contributed by atoms with van der Waals surface area (Å²) in [7, 11) is 1.43. The van der Waals surface area contributed by atoms with Crippen LogP contribution in [-0.2, 0) is 16.2 Å². The third kappa shape index (κ3) is 6.39. The minimum atomic E-state index is -0.390. The Hall–Kier alpha value is -5.04. The molecule has 0 amide bonds. The maximum absolute atomic E-state index is 12.3. The molecule has 0 atom stereocenters. The first kappa shape index (κ1) is 26.0. The summed E-state index contributed by atoms with van der Waals surface area (Å²) < 4.78 is 10.8. The average Bonchev–Trinajstić information content (AvgIpc) is 2.92. The topological polar surface area (TPSA) is 113 Å². The molecule has 0 saturated carbocycles. The van der Waals surface area contributed by atoms with Gasteiger partial charge in [0.2, 0.25) is 0 Å². The Morgan fingerprint density at radius 1 is 0.737 bits per heavy atom. The summed E-state index contributed by atoms with van der Waals surface area (Å²) in [5, 5.41) is 32.0. The first-order valence-electron chi connectivity index (χ1n) is 11.8. The molecule has 7 nitrogen and oxygen atoms in total. The van der Waals surface area contributed by atoms with E-state index in [-0.39, 0.29) is 53.3 Å². The van der Waals surface area contributed by atoms with Crippen LogP contribution in [0.15, 0.2) is 84.9 Å². The molecule has 4 rings (SSSR count). The van der Waals surface area contributed by atoms with E-state index in [9.17, 15) is 24.9 Å². The molecule has 0 unspecified atom stereocenters. The Bertz CT molecular complexity index is 1550. The van der Waals surface area contributed by atoms with E-state index < -0.39 is 0 Å². The average molecular weight is 511 g/mol. The van der Waals surface area contributed by atoms with Gasteiger partial charge in [-0.15, -0.1) is 0 Å². The second-order valence-electron chi connectivity index (χ2n) is 8.51. The van der Waals surface area contributed by atoms with Gasteiger partial charge in [0.05, 0.1) is 13.5 Å². The first-order valence-corrected chi connectivity index (χ1v) is 11.8. The molecule has 0 aliphatic heterocycles. The predicted octanol–water partition coefficient (Wildman–Crippen LogP) is 5.80. The summed E-state index contributed by atoms with van der Waals surface area (Å²) in [4.78, 5) is 24.5. The number of carbonyl (C=O) groups excluding carboxylic acids is 2. The molecule has 0 aliphatic rings. The second kappa shape index (κ2) is 11.8. The summed E-state index contributed by atoms with van der Waals surface area (Å²) in [6.07, 6.45) is 5.35. The lowest BCUT2D eigenvalue weighted by atomic mass is 10.0. The molecular weight excluding hydrogens is 484 g/mol. The molecule has 0 spiro atoms. The number of phenolic OH excluding ortho intramolecular Hbond substituents is 3. The number of phenols is 3. The summed E-state index contributed by atoms with van der Waals surface area (Å²) in [6.45, 7) is 0.0284. The Balaban J connectivity index is 1.39. The number of ketones is 2. The summed E-state index contributed by atoms with van der Waals surface area (Å²) >= 11 is 0. The predicted molar refractivity (Wildman–Crippen MR) is 145 cm³/mol. The molecule has 0 radical (unpaired) electrons. The number of rotatable bonds is 10. The van der Waals surface area contributed by atoms with Crippen LogP contribution in [0, 0.1) is 0 Å². The molecule has 0 fully saturated rings. The van der Waals surface area contributed by atoms with Gasteiger partial charge in [0, 0.05) is 5.56 Å². The minimum absolute atomic E-state index is 0.00853. The van der Waals surface area contributed by atoms with Gasteiger partial charge in [-0.1, -0.05) is 54.6 Å². The van der Waals surface area contributed by atoms with Crippen molar-refractivity contribution < 1.29 is 34.4 Å². The van der Waals surface area contributed by atoms with E-state index >= 15 is 0 Å². The van der Waals surface area contributed by atoms with Crippen LogP contribution >= 0.6 is 0 Å². The quantitative estimate of drug-likeness (QED) is 0.183. The monoisotopic (exact) mass is 510 g/mol. The molecule has 3 N–H and O–H groups in total. The van der Waals surface area contributed by atoms with E-state index in [0.29, 0.717) is 16.7 Å². The Labute approximate surface area is 219 Å². The van der Waals surface area contributed by atoms with Gasteiger partial charge >= 0.3 is 0 Å². The van der Waals surface area contributed by atoms with Gasteiger partial charge in [0.25, 0.3) is 0 Å². The zero-order chi connectivity index (χ0) is 27.1. The van der Waals surface area contributed by atoms with Gasteiger partial charge in [0.15, 0.2) is 34.6 Å². The highest BCUT2D eigenvalue weighted by Crippen LogP contribution is 2.32. The highest BCUT2D eigenvalue weighted by atomic mass is 16.5. The molecule has 0 aromatic heterocycles. The lowest BCUT2D eigenvalue weighted by Crippen LogP contribution is -2.02. The second-order valence-corrected chi connectivity index (χ2v) is 8.51. The fraction of sp³-hybridized carbons (Fsp3) is 0.0968. The van der Waals surface area contributed by atoms with Crippen LogP contribution in [0.25, 0.3) is 22.9 Å². The van der Waals surface area contributed by atoms with Crippen LogP contribution < -0.4 is 9.47 Å². The van der Waals surface area contributed by atoms with Crippen LogP contribution in [0.3, 0.4) is 0 Å². The zero-order valence-corrected chi connectivity index (χ0v) is 20.6. The molecule has 0 aliphatic carbocycles. The van der Waals surface area contributed by atoms with E-state index in [2.05, 4.69) is 0 Å². The zero-order valence-electron chi connectivity index (χ0n) is 20.6. The van der Waals surface area contributed by atoms with E-state index in [4.69, 9.17) is 9.47 Å². The Kier molecular flexibility index (Phi) is 8.08. The van der Waals surface area contributed by atoms with Crippen LogP contribution in [0.4, 0.5) is 0 Å². The van der Waals surface area contributed by atoms with Gasteiger partial charge in [0.1, 0.15) is 12.4 Å². The largest absolute Gasteiger partial charge is 0.508 e. The van der Waals surface area contributed by atoms with Gasteiger partial charge < -0.3 is 24.8 Å². The van der Waals surface area contributed by atoms with Crippen molar-refractivity contribution in [3.8, 4) is 28.7 Å². The fourth-order valence-electron chi connectivity index (χ4n) is 3.84. The lowest BCUT2D eigenvalue weighted by molar-refractivity contribution is -0.121. The van der Waals surface area contributed by atoms with Crippen LogP contribution in [0.5, 0.6) is 28.7 Å². The summed E-state index contributed by atoms with van der Waals surface area (Å²) in [5.74, 6) is -0.297. The van der Waals surface area contributed by atoms with E-state index in [1.807, 2.05) is 30.3 Å². The molecule has 192 valence electrons. The SMILES string of the molecule is COc1cc(/C=C/C(=O)CC(=O)/C=C/c2ccc(O)c(OCc3c(O)ccc4ccccc34)c2)ccc1O. The van der Waals surface area contributed by atoms with Gasteiger partial charge in [-0.2, -0.15) is 0 Å². The van der Waals surface area contributed by atoms with Crippen molar-refractivity contribution in [2.75, 3.05) is 7.11 Å². The number of carbonyl (C=O) groups is 2. The minimum Gasteiger partial charge on any atom is -0.508 e. The number of methoxy groups -OCH3 is 1.